The number of hydrogen-bond acceptors (Lipinski definition) is 0. The fourth-order valence-electron chi connectivity index (χ4n) is 3.16. The quantitative estimate of drug-likeness (QED) is 0.353. The monoisotopic (exact) mass is 386 g/mol. The molecule has 0 spiro atoms. The number of halogens is 1. The molecule has 1 aromatic rings. The predicted octanol–water partition coefficient (Wildman–Crippen LogP) is 3.10. The van der Waals surface area contributed by atoms with E-state index in [1.165, 1.54) is 102 Å². The van der Waals surface area contributed by atoms with Crippen molar-refractivity contribution < 1.29 is 21.5 Å². The Morgan fingerprint density at radius 1 is 0.739 bits per heavy atom. The highest BCUT2D eigenvalue weighted by Gasteiger charge is 2.02. The second kappa shape index (κ2) is 16.5. The van der Waals surface area contributed by atoms with Crippen molar-refractivity contribution in [3.05, 3.63) is 18.2 Å². The van der Waals surface area contributed by atoms with Crippen LogP contribution in [0.2, 0.25) is 0 Å². The number of nitrogens with one attached hydrogen (secondary N) is 1. The van der Waals surface area contributed by atoms with E-state index >= 15 is 0 Å². The molecule has 2 nitrogen and oxygen atoms in total. The van der Waals surface area contributed by atoms with Crippen LogP contribution in [0.1, 0.15) is 103 Å². The standard InChI is InChI=1S/C20H38N2.BrH/c1-3-4-5-6-7-8-9-10-11-12-13-14-15-16-18-22-19-17-21-20(22)2;/h17,19H,3-16,18H2,1-2H3;1H. The van der Waals surface area contributed by atoms with Crippen LogP contribution in [-0.2, 0) is 6.54 Å². The number of unbranched alkanes of at least 4 members (excludes halogenated alkanes) is 13. The first-order chi connectivity index (χ1) is 10.8. The minimum atomic E-state index is 0. The lowest BCUT2D eigenvalue weighted by molar-refractivity contribution is -0.702. The van der Waals surface area contributed by atoms with Gasteiger partial charge in [-0.15, -0.1) is 0 Å². The summed E-state index contributed by atoms with van der Waals surface area (Å²) >= 11 is 0. The highest BCUT2D eigenvalue weighted by atomic mass is 79.9. The zero-order valence-electron chi connectivity index (χ0n) is 15.6. The van der Waals surface area contributed by atoms with Gasteiger partial charge >= 0.3 is 0 Å². The van der Waals surface area contributed by atoms with Crippen molar-refractivity contribution in [1.82, 2.24) is 4.98 Å². The molecule has 23 heavy (non-hydrogen) atoms. The number of nitrogens with zero attached hydrogens (tertiary/aromatic N) is 1. The van der Waals surface area contributed by atoms with Crippen LogP contribution in [0.4, 0.5) is 0 Å². The Kier molecular flexibility index (Phi) is 16.3. The summed E-state index contributed by atoms with van der Waals surface area (Å²) in [5.74, 6) is 1.27. The smallest absolute Gasteiger partial charge is 0.251 e. The third-order valence-electron chi connectivity index (χ3n) is 4.73. The third-order valence-corrected chi connectivity index (χ3v) is 4.73. The van der Waals surface area contributed by atoms with Crippen LogP contribution < -0.4 is 21.5 Å². The second-order valence-corrected chi connectivity index (χ2v) is 6.84. The molecule has 0 unspecified atom stereocenters. The van der Waals surface area contributed by atoms with Crippen molar-refractivity contribution in [2.24, 2.45) is 0 Å². The summed E-state index contributed by atoms with van der Waals surface area (Å²) in [5.41, 5.74) is 0. The van der Waals surface area contributed by atoms with Gasteiger partial charge in [-0.05, 0) is 12.8 Å². The van der Waals surface area contributed by atoms with E-state index in [2.05, 4.69) is 29.6 Å². The van der Waals surface area contributed by atoms with Gasteiger partial charge in [0.05, 0.1) is 6.54 Å². The van der Waals surface area contributed by atoms with Crippen LogP contribution in [0.15, 0.2) is 12.4 Å². The van der Waals surface area contributed by atoms with Gasteiger partial charge in [-0.1, -0.05) is 84.0 Å². The Bertz CT molecular complexity index is 349. The molecule has 1 aromatic heterocycles. The van der Waals surface area contributed by atoms with Gasteiger partial charge in [0.1, 0.15) is 12.4 Å². The van der Waals surface area contributed by atoms with Crippen LogP contribution >= 0.6 is 0 Å². The molecular weight excluding hydrogens is 348 g/mol. The zero-order chi connectivity index (χ0) is 15.9. The third kappa shape index (κ3) is 12.7. The number of aromatic amines is 1. The Hall–Kier alpha value is -0.310. The molecule has 136 valence electrons. The van der Waals surface area contributed by atoms with Crippen molar-refractivity contribution >= 4 is 0 Å². The lowest BCUT2D eigenvalue weighted by Crippen LogP contribution is -3.00. The van der Waals surface area contributed by atoms with Crippen molar-refractivity contribution in [3.63, 3.8) is 0 Å². The van der Waals surface area contributed by atoms with Crippen molar-refractivity contribution in [2.75, 3.05) is 0 Å². The number of imidazole rings is 1. The summed E-state index contributed by atoms with van der Waals surface area (Å²) in [6.07, 6.45) is 24.2. The first kappa shape index (κ1) is 22.7. The van der Waals surface area contributed by atoms with Crippen LogP contribution in [0.5, 0.6) is 0 Å². The van der Waals surface area contributed by atoms with Gasteiger partial charge in [-0.3, -0.25) is 0 Å². The topological polar surface area (TPSA) is 19.7 Å². The molecule has 0 saturated carbocycles. The summed E-state index contributed by atoms with van der Waals surface area (Å²) in [6, 6.07) is 0. The molecule has 3 heteroatoms. The van der Waals surface area contributed by atoms with Crippen molar-refractivity contribution in [1.29, 1.82) is 0 Å². The first-order valence-corrected chi connectivity index (χ1v) is 9.88. The minimum Gasteiger partial charge on any atom is -1.00 e. The normalized spacial score (nSPS) is 10.7. The Morgan fingerprint density at radius 2 is 1.17 bits per heavy atom. The van der Waals surface area contributed by atoms with E-state index in [4.69, 9.17) is 0 Å². The minimum absolute atomic E-state index is 0. The van der Waals surface area contributed by atoms with Crippen LogP contribution in [-0.4, -0.2) is 4.98 Å². The van der Waals surface area contributed by atoms with Gasteiger partial charge in [-0.25, -0.2) is 9.55 Å². The summed E-state index contributed by atoms with van der Waals surface area (Å²) in [7, 11) is 0. The maximum Gasteiger partial charge on any atom is 0.251 e. The fraction of sp³-hybridized carbons (Fsp3) is 0.850. The molecule has 1 heterocycles. The molecule has 0 aliphatic heterocycles. The number of rotatable bonds is 15. The maximum atomic E-state index is 3.23. The number of aromatic nitrogens is 2. The maximum absolute atomic E-state index is 3.23. The van der Waals surface area contributed by atoms with Crippen molar-refractivity contribution in [3.8, 4) is 0 Å². The van der Waals surface area contributed by atoms with E-state index in [0.29, 0.717) is 0 Å². The Morgan fingerprint density at radius 3 is 1.57 bits per heavy atom. The summed E-state index contributed by atoms with van der Waals surface area (Å²) in [6.45, 7) is 5.61. The van der Waals surface area contributed by atoms with E-state index in [1.807, 2.05) is 6.20 Å². The van der Waals surface area contributed by atoms with E-state index in [-0.39, 0.29) is 17.0 Å². The molecule has 0 fully saturated rings. The highest BCUT2D eigenvalue weighted by molar-refractivity contribution is 4.70. The van der Waals surface area contributed by atoms with Crippen molar-refractivity contribution in [2.45, 2.75) is 110 Å². The molecule has 0 bridgehead atoms. The fourth-order valence-corrected chi connectivity index (χ4v) is 3.16. The molecule has 0 amide bonds. The van der Waals surface area contributed by atoms with Gasteiger partial charge in [-0.2, -0.15) is 0 Å². The molecule has 0 atom stereocenters. The van der Waals surface area contributed by atoms with Crippen LogP contribution in [0.25, 0.3) is 0 Å². The lowest BCUT2D eigenvalue weighted by atomic mass is 10.0. The van der Waals surface area contributed by atoms with Gasteiger partial charge < -0.3 is 17.0 Å². The number of aryl methyl sites for hydroxylation is 2. The van der Waals surface area contributed by atoms with E-state index < -0.39 is 0 Å². The summed E-state index contributed by atoms with van der Waals surface area (Å²) in [5, 5.41) is 0. The molecule has 1 rings (SSSR count). The van der Waals surface area contributed by atoms with Crippen LogP contribution in [0.3, 0.4) is 0 Å². The molecule has 0 aromatic carbocycles. The number of hydrogen-bond donors (Lipinski definition) is 1. The SMILES string of the molecule is CCCCCCCCCCCCCCCC[n+]1cc[nH]c1C.[Br-]. The highest BCUT2D eigenvalue weighted by Crippen LogP contribution is 2.12. The largest absolute Gasteiger partial charge is 1.00 e. The molecular formula is C20H39BrN2. The average molecular weight is 387 g/mol. The van der Waals surface area contributed by atoms with Crippen LogP contribution in [0, 0.1) is 6.92 Å². The Labute approximate surface area is 155 Å². The average Bonchev–Trinajstić information content (AvgIpc) is 2.93. The molecule has 0 radical (unpaired) electrons. The zero-order valence-corrected chi connectivity index (χ0v) is 17.2. The van der Waals surface area contributed by atoms with Gasteiger partial charge in [0.15, 0.2) is 0 Å². The van der Waals surface area contributed by atoms with E-state index in [9.17, 15) is 0 Å². The van der Waals surface area contributed by atoms with E-state index in [1.54, 1.807) is 0 Å². The lowest BCUT2D eigenvalue weighted by Gasteiger charge is -2.03. The first-order valence-electron chi connectivity index (χ1n) is 9.88. The molecule has 1 N–H and O–H groups in total. The summed E-state index contributed by atoms with van der Waals surface area (Å²) < 4.78 is 2.32. The van der Waals surface area contributed by atoms with E-state index in [0.717, 1.165) is 0 Å². The van der Waals surface area contributed by atoms with Gasteiger partial charge in [0.25, 0.3) is 5.82 Å². The summed E-state index contributed by atoms with van der Waals surface area (Å²) in [4.78, 5) is 3.23. The Balaban J connectivity index is 0.00000484. The van der Waals surface area contributed by atoms with Gasteiger partial charge in [0, 0.05) is 6.92 Å². The molecule has 0 saturated heterocycles. The predicted molar refractivity (Wildman–Crippen MR) is 96.0 cm³/mol. The molecule has 0 aliphatic rings. The second-order valence-electron chi connectivity index (χ2n) is 6.84. The molecule has 0 aliphatic carbocycles. The number of H-pyrrole nitrogens is 1. The van der Waals surface area contributed by atoms with Gasteiger partial charge in [0.2, 0.25) is 0 Å².